The van der Waals surface area contributed by atoms with Crippen molar-refractivity contribution in [2.45, 2.75) is 0 Å². The Morgan fingerprint density at radius 3 is 1.50 bits per heavy atom. The molecule has 0 aromatic carbocycles. The van der Waals surface area contributed by atoms with E-state index in [0.717, 1.165) is 26.2 Å². The van der Waals surface area contributed by atoms with Gasteiger partial charge in [0.2, 0.25) is 0 Å². The molecule has 0 saturated carbocycles. The second-order valence-corrected chi connectivity index (χ2v) is 3.40. The van der Waals surface area contributed by atoms with Gasteiger partial charge in [-0.2, -0.15) is 10.4 Å². The van der Waals surface area contributed by atoms with Crippen molar-refractivity contribution < 1.29 is 0 Å². The summed E-state index contributed by atoms with van der Waals surface area (Å²) in [6.07, 6.45) is 0. The summed E-state index contributed by atoms with van der Waals surface area (Å²) in [7, 11) is 0. The number of hydrogen-bond acceptors (Lipinski definition) is 8. The van der Waals surface area contributed by atoms with Gasteiger partial charge in [-0.05, 0) is 10.4 Å². The molecule has 0 atom stereocenters. The summed E-state index contributed by atoms with van der Waals surface area (Å²) in [6, 6.07) is 0. The summed E-state index contributed by atoms with van der Waals surface area (Å²) in [5, 5.41) is 27.7. The summed E-state index contributed by atoms with van der Waals surface area (Å²) in [6.45, 7) is 3.25. The molecule has 0 amide bonds. The molecule has 0 unspecified atom stereocenters. The Bertz CT molecular complexity index is 370. The van der Waals surface area contributed by atoms with Crippen LogP contribution in [0.5, 0.6) is 0 Å². The number of nitrogens with one attached hydrogen (secondary N) is 2. The number of aromatic nitrogens is 8. The predicted molar refractivity (Wildman–Crippen MR) is 52.8 cm³/mol. The minimum Gasteiger partial charge on any atom is -0.335 e. The first-order valence-corrected chi connectivity index (χ1v) is 4.90. The molecule has 10 nitrogen and oxygen atoms in total. The number of aromatic amines is 2. The van der Waals surface area contributed by atoms with Crippen molar-refractivity contribution in [1.29, 1.82) is 0 Å². The van der Waals surface area contributed by atoms with Crippen molar-refractivity contribution >= 4 is 11.9 Å². The lowest BCUT2D eigenvalue weighted by Crippen LogP contribution is -2.47. The second kappa shape index (κ2) is 3.72. The Morgan fingerprint density at radius 2 is 1.19 bits per heavy atom. The summed E-state index contributed by atoms with van der Waals surface area (Å²) in [5.41, 5.74) is 0. The van der Waals surface area contributed by atoms with Crippen LogP contribution in [0.25, 0.3) is 0 Å². The van der Waals surface area contributed by atoms with Crippen molar-refractivity contribution in [2.24, 2.45) is 0 Å². The van der Waals surface area contributed by atoms with Gasteiger partial charge in [-0.3, -0.25) is 0 Å². The van der Waals surface area contributed by atoms with Crippen LogP contribution in [0.1, 0.15) is 0 Å². The molecule has 3 rings (SSSR count). The Hall–Kier alpha value is -2.26. The summed E-state index contributed by atoms with van der Waals surface area (Å²) in [5.74, 6) is 1.26. The van der Waals surface area contributed by atoms with E-state index in [1.807, 2.05) is 0 Å². The van der Waals surface area contributed by atoms with E-state index in [-0.39, 0.29) is 0 Å². The number of hydrogen-bond donors (Lipinski definition) is 2. The highest BCUT2D eigenvalue weighted by molar-refractivity contribution is 5.34. The zero-order valence-corrected chi connectivity index (χ0v) is 8.41. The minimum atomic E-state index is 0.632. The molecule has 0 aliphatic carbocycles. The maximum Gasteiger partial charge on any atom is 0.265 e. The van der Waals surface area contributed by atoms with Crippen LogP contribution in [0, 0.1) is 0 Å². The van der Waals surface area contributed by atoms with Gasteiger partial charge in [-0.1, -0.05) is 10.2 Å². The fourth-order valence-electron chi connectivity index (χ4n) is 1.69. The minimum absolute atomic E-state index is 0.632. The summed E-state index contributed by atoms with van der Waals surface area (Å²) >= 11 is 0. The number of tetrazole rings is 2. The van der Waals surface area contributed by atoms with Crippen molar-refractivity contribution in [3.05, 3.63) is 0 Å². The number of rotatable bonds is 2. The van der Waals surface area contributed by atoms with Gasteiger partial charge < -0.3 is 9.80 Å². The van der Waals surface area contributed by atoms with Crippen LogP contribution >= 0.6 is 0 Å². The zero-order valence-electron chi connectivity index (χ0n) is 8.41. The van der Waals surface area contributed by atoms with E-state index in [0.29, 0.717) is 11.9 Å². The quantitative estimate of drug-likeness (QED) is 0.601. The van der Waals surface area contributed by atoms with Crippen molar-refractivity contribution in [2.75, 3.05) is 36.0 Å². The van der Waals surface area contributed by atoms with Crippen LogP contribution in [0.3, 0.4) is 0 Å². The summed E-state index contributed by atoms with van der Waals surface area (Å²) < 4.78 is 0. The van der Waals surface area contributed by atoms with Gasteiger partial charge in [0.1, 0.15) is 0 Å². The molecule has 1 aliphatic heterocycles. The lowest BCUT2D eigenvalue weighted by Gasteiger charge is -2.32. The van der Waals surface area contributed by atoms with Crippen LogP contribution in [-0.4, -0.2) is 67.4 Å². The third-order valence-corrected chi connectivity index (χ3v) is 2.51. The lowest BCUT2D eigenvalue weighted by molar-refractivity contribution is 0.629. The number of piperazine rings is 1. The molecule has 1 aliphatic rings. The van der Waals surface area contributed by atoms with Crippen molar-refractivity contribution in [1.82, 2.24) is 41.2 Å². The Labute approximate surface area is 90.0 Å². The molecule has 0 radical (unpaired) electrons. The third-order valence-electron chi connectivity index (χ3n) is 2.51. The van der Waals surface area contributed by atoms with Crippen LogP contribution < -0.4 is 9.80 Å². The topological polar surface area (TPSA) is 115 Å². The van der Waals surface area contributed by atoms with E-state index < -0.39 is 0 Å². The maximum absolute atomic E-state index is 3.94. The van der Waals surface area contributed by atoms with E-state index in [2.05, 4.69) is 51.0 Å². The monoisotopic (exact) mass is 222 g/mol. The maximum atomic E-state index is 3.94. The normalized spacial score (nSPS) is 16.8. The Kier molecular flexibility index (Phi) is 2.09. The molecule has 10 heteroatoms. The highest BCUT2D eigenvalue weighted by Crippen LogP contribution is 2.11. The van der Waals surface area contributed by atoms with Crippen LogP contribution in [0.4, 0.5) is 11.9 Å². The van der Waals surface area contributed by atoms with E-state index >= 15 is 0 Å². The van der Waals surface area contributed by atoms with Crippen molar-refractivity contribution in [3.8, 4) is 0 Å². The molecule has 84 valence electrons. The standard InChI is InChI=1S/C6H10N10/c1-2-16(6-9-13-14-10-6)4-3-15(1)5-7-11-12-8-5/h1-4H2,(H,7,8,11,12)(H,9,10,13,14). The first-order valence-electron chi connectivity index (χ1n) is 4.90. The smallest absolute Gasteiger partial charge is 0.265 e. The number of anilines is 2. The predicted octanol–water partition coefficient (Wildman–Crippen LogP) is -1.96. The molecule has 0 bridgehead atoms. The van der Waals surface area contributed by atoms with Gasteiger partial charge in [0.05, 0.1) is 0 Å². The van der Waals surface area contributed by atoms with Gasteiger partial charge in [0, 0.05) is 26.2 Å². The van der Waals surface area contributed by atoms with Gasteiger partial charge in [0.15, 0.2) is 0 Å². The van der Waals surface area contributed by atoms with E-state index in [4.69, 9.17) is 0 Å². The first-order chi connectivity index (χ1) is 7.93. The van der Waals surface area contributed by atoms with E-state index in [9.17, 15) is 0 Å². The van der Waals surface area contributed by atoms with Crippen LogP contribution in [0.15, 0.2) is 0 Å². The highest BCUT2D eigenvalue weighted by atomic mass is 15.6. The number of H-pyrrole nitrogens is 2. The zero-order chi connectivity index (χ0) is 10.8. The average Bonchev–Trinajstić information content (AvgIpc) is 3.03. The molecule has 1 fully saturated rings. The average molecular weight is 222 g/mol. The Balaban J connectivity index is 1.64. The van der Waals surface area contributed by atoms with Crippen LogP contribution in [-0.2, 0) is 0 Å². The molecule has 3 heterocycles. The molecular weight excluding hydrogens is 212 g/mol. The first kappa shape index (κ1) is 9.00. The molecule has 16 heavy (non-hydrogen) atoms. The van der Waals surface area contributed by atoms with Crippen molar-refractivity contribution in [3.63, 3.8) is 0 Å². The Morgan fingerprint density at radius 1 is 0.750 bits per heavy atom. The SMILES string of the molecule is C1CN(c2nn[nH]n2)CCN1c1nn[nH]n1. The van der Waals surface area contributed by atoms with E-state index in [1.54, 1.807) is 0 Å². The molecule has 0 spiro atoms. The fourth-order valence-corrected chi connectivity index (χ4v) is 1.69. The van der Waals surface area contributed by atoms with Gasteiger partial charge in [0.25, 0.3) is 11.9 Å². The lowest BCUT2D eigenvalue weighted by atomic mass is 10.3. The van der Waals surface area contributed by atoms with Gasteiger partial charge >= 0.3 is 0 Å². The van der Waals surface area contributed by atoms with Crippen LogP contribution in [0.2, 0.25) is 0 Å². The molecule has 1 saturated heterocycles. The summed E-state index contributed by atoms with van der Waals surface area (Å²) in [4.78, 5) is 4.11. The number of nitrogens with zero attached hydrogens (tertiary/aromatic N) is 8. The second-order valence-electron chi connectivity index (χ2n) is 3.40. The molecule has 2 N–H and O–H groups in total. The fraction of sp³-hybridized carbons (Fsp3) is 0.667. The molecule has 2 aromatic heterocycles. The molecular formula is C6H10N10. The largest absolute Gasteiger partial charge is 0.335 e. The molecule has 2 aromatic rings. The highest BCUT2D eigenvalue weighted by Gasteiger charge is 2.21. The van der Waals surface area contributed by atoms with E-state index in [1.165, 1.54) is 0 Å². The van der Waals surface area contributed by atoms with Gasteiger partial charge in [-0.15, -0.1) is 10.2 Å². The van der Waals surface area contributed by atoms with Gasteiger partial charge in [-0.25, -0.2) is 0 Å². The third kappa shape index (κ3) is 1.53.